The Labute approximate surface area is 512 Å². The Bertz CT molecular complexity index is 2200. The van der Waals surface area contributed by atoms with Crippen molar-refractivity contribution < 1.29 is 77.6 Å². The van der Waals surface area contributed by atoms with E-state index < -0.39 is 70.7 Å². The first-order valence-electron chi connectivity index (χ1n) is 29.8. The Kier molecular flexibility index (Phi) is 38.3. The van der Waals surface area contributed by atoms with Crippen molar-refractivity contribution in [3.05, 3.63) is 59.7 Å². The van der Waals surface area contributed by atoms with Gasteiger partial charge in [0.15, 0.2) is 23.0 Å². The summed E-state index contributed by atoms with van der Waals surface area (Å²) in [5, 5.41) is 43.4. The van der Waals surface area contributed by atoms with Crippen LogP contribution in [0.3, 0.4) is 0 Å². The van der Waals surface area contributed by atoms with Crippen LogP contribution in [0, 0.1) is 58.2 Å². The quantitative estimate of drug-likeness (QED) is 0.0258. The molecule has 492 valence electrons. The zero-order chi connectivity index (χ0) is 66.1. The van der Waals surface area contributed by atoms with Crippen LogP contribution in [0.1, 0.15) is 133 Å². The van der Waals surface area contributed by atoms with Gasteiger partial charge in [-0.3, -0.25) is 19.2 Å². The van der Waals surface area contributed by atoms with Gasteiger partial charge in [-0.1, -0.05) is 67.5 Å². The van der Waals surface area contributed by atoms with E-state index in [-0.39, 0.29) is 61.4 Å². The van der Waals surface area contributed by atoms with Gasteiger partial charge in [-0.2, -0.15) is 0 Å². The normalized spacial score (nSPS) is 14.6. The van der Waals surface area contributed by atoms with Crippen LogP contribution in [0.25, 0.3) is 0 Å². The third kappa shape index (κ3) is 31.6. The Hall–Kier alpha value is -6.04. The molecule has 0 fully saturated rings. The van der Waals surface area contributed by atoms with Gasteiger partial charge in [-0.15, -0.1) is 0 Å². The number of amides is 4. The molecule has 86 heavy (non-hydrogen) atoms. The predicted molar refractivity (Wildman–Crippen MR) is 333 cm³/mol. The number of hydrogen-bond acceptors (Lipinski definition) is 16. The van der Waals surface area contributed by atoms with Crippen molar-refractivity contribution in [2.24, 2.45) is 81.1 Å². The van der Waals surface area contributed by atoms with Gasteiger partial charge >= 0.3 is 11.9 Å². The van der Waals surface area contributed by atoms with Crippen molar-refractivity contribution in [2.75, 3.05) is 68.0 Å². The Morgan fingerprint density at radius 3 is 1.09 bits per heavy atom. The van der Waals surface area contributed by atoms with Crippen LogP contribution in [0.5, 0.6) is 23.0 Å². The molecule has 2 aromatic carbocycles. The monoisotopic (exact) mass is 1220 g/mol. The fourth-order valence-electron chi connectivity index (χ4n) is 8.92. The van der Waals surface area contributed by atoms with E-state index in [9.17, 15) is 39.0 Å². The minimum Gasteiger partial charge on any atom is -0.493 e. The molecule has 0 bridgehead atoms. The molecule has 0 radical (unpaired) electrons. The average molecular weight is 1220 g/mol. The summed E-state index contributed by atoms with van der Waals surface area (Å²) in [6, 6.07) is 10.9. The number of carbonyl (C=O) groups excluding carboxylic acids is 4. The third-order valence-electron chi connectivity index (χ3n) is 15.4. The summed E-state index contributed by atoms with van der Waals surface area (Å²) in [7, 11) is 6.58. The van der Waals surface area contributed by atoms with E-state index in [1.54, 1.807) is 56.1 Å². The van der Waals surface area contributed by atoms with Crippen molar-refractivity contribution in [2.45, 2.75) is 159 Å². The van der Waals surface area contributed by atoms with Crippen LogP contribution in [0.4, 0.5) is 0 Å². The van der Waals surface area contributed by atoms with Crippen LogP contribution in [-0.2, 0) is 51.1 Å². The Balaban J connectivity index is 0.00000149. The van der Waals surface area contributed by atoms with Gasteiger partial charge in [0, 0.05) is 89.4 Å². The molecule has 0 aromatic heterocycles. The van der Waals surface area contributed by atoms with E-state index in [2.05, 4.69) is 38.3 Å². The highest BCUT2D eigenvalue weighted by molar-refractivity contribution is 5.89. The van der Waals surface area contributed by atoms with Crippen LogP contribution in [0.2, 0.25) is 0 Å². The fraction of sp³-hybridized carbons (Fsp3) is 0.688. The van der Waals surface area contributed by atoms with Crippen molar-refractivity contribution >= 4 is 35.6 Å². The number of methoxy groups -OCH3 is 4. The molecule has 2 aromatic rings. The second kappa shape index (κ2) is 41.2. The zero-order valence-electron chi connectivity index (χ0n) is 54.4. The lowest BCUT2D eigenvalue weighted by Gasteiger charge is -2.30. The van der Waals surface area contributed by atoms with Gasteiger partial charge in [0.2, 0.25) is 23.6 Å². The summed E-state index contributed by atoms with van der Waals surface area (Å²) in [6.45, 7) is 25.7. The smallest absolute Gasteiger partial charge is 0.328 e. The first-order valence-corrected chi connectivity index (χ1v) is 29.8. The van der Waals surface area contributed by atoms with Gasteiger partial charge in [0.1, 0.15) is 0 Å². The number of carboxylic acids is 2. The predicted octanol–water partition coefficient (Wildman–Crippen LogP) is 6.30. The third-order valence-corrected chi connectivity index (χ3v) is 15.4. The molecule has 8 unspecified atom stereocenters. The molecule has 14 N–H and O–H groups in total. The molecule has 0 aliphatic rings. The van der Waals surface area contributed by atoms with Crippen LogP contribution in [0.15, 0.2) is 48.6 Å². The number of aliphatic carboxylic acids is 2. The SMILES string of the molecule is COCCCOc1cc(CC(CC(N)C(O)CC(C(=O)NCC(C)(C)C(N)=O)C(C)C)C(C)C)ccc1OC.COCCCOc1cc(CC(CC(N)C(O)CC(C(=O)NCC(C)(C)C(N)=O)C(C)C)C(C)C)ccc1OC.O=C(O)/C=C/C(=O)O. The minimum atomic E-state index is -1.26. The lowest BCUT2D eigenvalue weighted by molar-refractivity contribution is -0.134. The van der Waals surface area contributed by atoms with E-state index in [0.29, 0.717) is 86.3 Å². The van der Waals surface area contributed by atoms with Crippen molar-refractivity contribution in [3.63, 3.8) is 0 Å². The number of primary amides is 2. The maximum atomic E-state index is 12.9. The lowest BCUT2D eigenvalue weighted by Crippen LogP contribution is -2.46. The number of benzene rings is 2. The standard InChI is InChI=1S/2C30H53N3O6.C4H4O4/c2*1-19(2)22(14-21-10-11-26(38-8)27(15-21)39-13-9-12-37-7)16-24(31)25(34)17-23(20(3)4)28(35)33-18-30(5,6)29(32)36;5-3(6)1-2-4(7)8/h2*10-11,15,19-20,22-25,34H,9,12-14,16-18,31H2,1-8H3,(H2,32,36)(H,33,35);1-2H,(H,5,6)(H,7,8)/b;;2-1+. The fourth-order valence-corrected chi connectivity index (χ4v) is 8.92. The molecule has 4 amide bonds. The number of aliphatic hydroxyl groups is 2. The highest BCUT2D eigenvalue weighted by Crippen LogP contribution is 2.34. The first-order chi connectivity index (χ1) is 40.1. The zero-order valence-corrected chi connectivity index (χ0v) is 54.4. The topological polar surface area (TPSA) is 367 Å². The second-order valence-corrected chi connectivity index (χ2v) is 24.8. The van der Waals surface area contributed by atoms with Crippen molar-refractivity contribution in [3.8, 4) is 23.0 Å². The molecule has 22 nitrogen and oxygen atoms in total. The first kappa shape index (κ1) is 80.0. The molecule has 0 aliphatic heterocycles. The maximum absolute atomic E-state index is 12.9. The van der Waals surface area contributed by atoms with Crippen LogP contribution >= 0.6 is 0 Å². The number of carbonyl (C=O) groups is 6. The summed E-state index contributed by atoms with van der Waals surface area (Å²) in [5.41, 5.74) is 24.4. The molecular formula is C64H110N6O16. The van der Waals surface area contributed by atoms with Crippen molar-refractivity contribution in [1.29, 1.82) is 0 Å². The van der Waals surface area contributed by atoms with E-state index in [1.807, 2.05) is 64.1 Å². The number of hydrogen-bond donors (Lipinski definition) is 10. The molecule has 8 atom stereocenters. The summed E-state index contributed by atoms with van der Waals surface area (Å²) < 4.78 is 33.0. The lowest BCUT2D eigenvalue weighted by atomic mass is 9.80. The molecule has 0 spiro atoms. The van der Waals surface area contributed by atoms with Gasteiger partial charge in [-0.25, -0.2) is 9.59 Å². The van der Waals surface area contributed by atoms with E-state index in [0.717, 1.165) is 36.8 Å². The Morgan fingerprint density at radius 2 is 0.837 bits per heavy atom. The van der Waals surface area contributed by atoms with Gasteiger partial charge in [0.05, 0.1) is 50.5 Å². The molecule has 0 heterocycles. The van der Waals surface area contributed by atoms with E-state index in [1.165, 1.54) is 0 Å². The summed E-state index contributed by atoms with van der Waals surface area (Å²) in [5.74, 6) is -0.929. The van der Waals surface area contributed by atoms with Crippen LogP contribution in [-0.4, -0.2) is 148 Å². The van der Waals surface area contributed by atoms with E-state index in [4.69, 9.17) is 61.6 Å². The summed E-state index contributed by atoms with van der Waals surface area (Å²) >= 11 is 0. The number of nitrogens with two attached hydrogens (primary N) is 4. The molecule has 0 saturated heterocycles. The van der Waals surface area contributed by atoms with E-state index >= 15 is 0 Å². The highest BCUT2D eigenvalue weighted by Gasteiger charge is 2.34. The average Bonchev–Trinajstić information content (AvgIpc) is 2.92. The molecule has 2 rings (SSSR count). The molecule has 22 heteroatoms. The summed E-state index contributed by atoms with van der Waals surface area (Å²) in [6.07, 6.45) is 4.24. The number of carboxylic acid groups (broad SMARTS) is 2. The molecule has 0 saturated carbocycles. The largest absolute Gasteiger partial charge is 0.493 e. The van der Waals surface area contributed by atoms with Gasteiger partial charge < -0.3 is 82.4 Å². The maximum Gasteiger partial charge on any atom is 0.328 e. The highest BCUT2D eigenvalue weighted by atomic mass is 16.5. The van der Waals surface area contributed by atoms with Gasteiger partial charge in [0.25, 0.3) is 0 Å². The number of aliphatic hydroxyl groups excluding tert-OH is 2. The number of rotatable bonds is 40. The number of ether oxygens (including phenoxy) is 6. The van der Waals surface area contributed by atoms with Gasteiger partial charge in [-0.05, 0) is 137 Å². The van der Waals surface area contributed by atoms with Crippen molar-refractivity contribution in [1.82, 2.24) is 10.6 Å². The molecular weight excluding hydrogens is 1110 g/mol. The molecule has 0 aliphatic carbocycles. The summed E-state index contributed by atoms with van der Waals surface area (Å²) in [4.78, 5) is 68.2. The minimum absolute atomic E-state index is 0.00829. The second-order valence-electron chi connectivity index (χ2n) is 24.8. The van der Waals surface area contributed by atoms with Crippen LogP contribution < -0.4 is 52.5 Å². The Morgan fingerprint density at radius 1 is 0.512 bits per heavy atom. The number of nitrogens with one attached hydrogen (secondary N) is 2.